The van der Waals surface area contributed by atoms with Crippen LogP contribution in [0, 0.1) is 13.8 Å². The van der Waals surface area contributed by atoms with Crippen LogP contribution in [0.3, 0.4) is 0 Å². The van der Waals surface area contributed by atoms with E-state index in [4.69, 9.17) is 4.74 Å². The van der Waals surface area contributed by atoms with Crippen LogP contribution in [0.15, 0.2) is 36.5 Å². The average Bonchev–Trinajstić information content (AvgIpc) is 2.59. The number of aromatic nitrogens is 1. The molecular formula is C19H24N2O4S. The normalized spacial score (nSPS) is 12.5. The first-order chi connectivity index (χ1) is 12.2. The Hall–Kier alpha value is -2.41. The average molecular weight is 376 g/mol. The second-order valence-corrected chi connectivity index (χ2v) is 8.67. The van der Waals surface area contributed by atoms with E-state index >= 15 is 0 Å². The third-order valence-corrected chi connectivity index (χ3v) is 6.37. The molecule has 0 saturated carbocycles. The summed E-state index contributed by atoms with van der Waals surface area (Å²) in [5.74, 6) is 0.486. The highest BCUT2D eigenvalue weighted by atomic mass is 32.2. The molecule has 140 valence electrons. The third-order valence-electron chi connectivity index (χ3n) is 4.10. The van der Waals surface area contributed by atoms with E-state index in [1.807, 2.05) is 32.0 Å². The number of ether oxygens (including phenoxy) is 1. The zero-order chi connectivity index (χ0) is 19.3. The molecule has 1 heterocycles. The van der Waals surface area contributed by atoms with Gasteiger partial charge in [0.25, 0.3) is 0 Å². The van der Waals surface area contributed by atoms with Crippen molar-refractivity contribution >= 4 is 21.4 Å². The quantitative estimate of drug-likeness (QED) is 0.797. The zero-order valence-electron chi connectivity index (χ0n) is 15.4. The number of nitrogens with one attached hydrogen (secondary N) is 1. The predicted molar refractivity (Wildman–Crippen MR) is 102 cm³/mol. The molecule has 1 aromatic carbocycles. The van der Waals surface area contributed by atoms with Crippen molar-refractivity contribution in [3.8, 4) is 11.6 Å². The smallest absolute Gasteiger partial charge is 0.242 e. The highest BCUT2D eigenvalue weighted by molar-refractivity contribution is 7.92. The fraction of sp³-hybridized carbons (Fsp3) is 0.368. The summed E-state index contributed by atoms with van der Waals surface area (Å²) in [6.45, 7) is 7.18. The van der Waals surface area contributed by atoms with E-state index in [0.29, 0.717) is 23.7 Å². The first-order valence-electron chi connectivity index (χ1n) is 8.46. The molecule has 0 aliphatic carbocycles. The maximum atomic E-state index is 12.1. The molecule has 7 heteroatoms. The number of hydrogen-bond donors (Lipinski definition) is 1. The van der Waals surface area contributed by atoms with Gasteiger partial charge in [0.1, 0.15) is 11.0 Å². The number of sulfone groups is 1. The number of benzene rings is 1. The van der Waals surface area contributed by atoms with Gasteiger partial charge in [0.05, 0.1) is 17.6 Å². The van der Waals surface area contributed by atoms with E-state index in [0.717, 1.165) is 5.56 Å². The number of pyridine rings is 1. The molecule has 1 unspecified atom stereocenters. The van der Waals surface area contributed by atoms with E-state index < -0.39 is 21.0 Å². The number of rotatable bonds is 7. The van der Waals surface area contributed by atoms with Gasteiger partial charge in [-0.05, 0) is 56.5 Å². The molecule has 1 amide bonds. The van der Waals surface area contributed by atoms with Gasteiger partial charge in [0.15, 0.2) is 9.84 Å². The Kier molecular flexibility index (Phi) is 6.37. The first-order valence-corrected chi connectivity index (χ1v) is 10.2. The van der Waals surface area contributed by atoms with Crippen molar-refractivity contribution in [2.45, 2.75) is 39.4 Å². The third kappa shape index (κ3) is 5.05. The maximum Gasteiger partial charge on any atom is 0.242 e. The lowest BCUT2D eigenvalue weighted by atomic mass is 10.1. The molecule has 1 N–H and O–H groups in total. The summed E-state index contributed by atoms with van der Waals surface area (Å²) in [5, 5.41) is 1.47. The van der Waals surface area contributed by atoms with Gasteiger partial charge in [0.2, 0.25) is 11.8 Å². The maximum absolute atomic E-state index is 12.1. The molecule has 2 rings (SSSR count). The van der Waals surface area contributed by atoms with Crippen LogP contribution in [-0.4, -0.2) is 30.3 Å². The Bertz CT molecular complexity index is 877. The Labute approximate surface area is 154 Å². The number of nitrogens with zero attached hydrogens (tertiary/aromatic N) is 1. The van der Waals surface area contributed by atoms with Gasteiger partial charge in [-0.1, -0.05) is 13.0 Å². The summed E-state index contributed by atoms with van der Waals surface area (Å²) in [5.41, 5.74) is 2.71. The molecule has 0 fully saturated rings. The molecule has 0 aliphatic heterocycles. The zero-order valence-corrected chi connectivity index (χ0v) is 16.3. The fourth-order valence-corrected chi connectivity index (χ4v) is 3.59. The minimum absolute atomic E-state index is 0.0113. The fourth-order valence-electron chi connectivity index (χ4n) is 2.28. The molecule has 0 radical (unpaired) electrons. The highest BCUT2D eigenvalue weighted by Gasteiger charge is 2.27. The summed E-state index contributed by atoms with van der Waals surface area (Å²) >= 11 is 0. The van der Waals surface area contributed by atoms with Crippen LogP contribution < -0.4 is 10.1 Å². The molecule has 0 bridgehead atoms. The Balaban J connectivity index is 2.03. The van der Waals surface area contributed by atoms with Crippen LogP contribution in [0.25, 0.3) is 0 Å². The van der Waals surface area contributed by atoms with E-state index in [2.05, 4.69) is 10.3 Å². The second-order valence-electron chi connectivity index (χ2n) is 6.23. The molecule has 1 atom stereocenters. The number of anilines is 1. The number of amides is 1. The monoisotopic (exact) mass is 376 g/mol. The lowest BCUT2D eigenvalue weighted by Gasteiger charge is -2.13. The standard InChI is InChI=1S/C19H24N2O4S/c1-5-10-26(23,24)15(4)19(22)21-16-7-9-18(20-12-16)25-17-8-6-13(2)14(3)11-17/h6-9,11-12,15H,5,10H2,1-4H3,(H,21,22). The molecular weight excluding hydrogens is 352 g/mol. The molecule has 26 heavy (non-hydrogen) atoms. The summed E-state index contributed by atoms with van der Waals surface area (Å²) in [6, 6.07) is 9.00. The van der Waals surface area contributed by atoms with E-state index in [9.17, 15) is 13.2 Å². The largest absolute Gasteiger partial charge is 0.439 e. The lowest BCUT2D eigenvalue weighted by molar-refractivity contribution is -0.115. The van der Waals surface area contributed by atoms with Gasteiger partial charge in [-0.25, -0.2) is 13.4 Å². The van der Waals surface area contributed by atoms with Crippen molar-refractivity contribution in [1.82, 2.24) is 4.98 Å². The van der Waals surface area contributed by atoms with Crippen LogP contribution in [0.5, 0.6) is 11.6 Å². The van der Waals surface area contributed by atoms with Crippen LogP contribution in [0.2, 0.25) is 0 Å². The molecule has 1 aromatic heterocycles. The summed E-state index contributed by atoms with van der Waals surface area (Å²) < 4.78 is 29.6. The highest BCUT2D eigenvalue weighted by Crippen LogP contribution is 2.23. The van der Waals surface area contributed by atoms with Gasteiger partial charge in [-0.2, -0.15) is 0 Å². The van der Waals surface area contributed by atoms with Gasteiger partial charge in [0, 0.05) is 6.07 Å². The lowest BCUT2D eigenvalue weighted by Crippen LogP contribution is -2.34. The van der Waals surface area contributed by atoms with Crippen molar-refractivity contribution in [1.29, 1.82) is 0 Å². The van der Waals surface area contributed by atoms with Crippen LogP contribution in [0.1, 0.15) is 31.4 Å². The first kappa shape index (κ1) is 19.9. The van der Waals surface area contributed by atoms with E-state index in [1.165, 1.54) is 18.7 Å². The minimum Gasteiger partial charge on any atom is -0.439 e. The van der Waals surface area contributed by atoms with E-state index in [1.54, 1.807) is 19.1 Å². The van der Waals surface area contributed by atoms with Crippen LogP contribution in [0.4, 0.5) is 5.69 Å². The Morgan fingerprint density at radius 1 is 1.19 bits per heavy atom. The molecule has 0 saturated heterocycles. The predicted octanol–water partition coefficient (Wildman–Crippen LogP) is 3.64. The van der Waals surface area contributed by atoms with Gasteiger partial charge in [-0.15, -0.1) is 0 Å². The summed E-state index contributed by atoms with van der Waals surface area (Å²) in [6.07, 6.45) is 1.92. The molecule has 0 aliphatic rings. The number of hydrogen-bond acceptors (Lipinski definition) is 5. The molecule has 6 nitrogen and oxygen atoms in total. The SMILES string of the molecule is CCCS(=O)(=O)C(C)C(=O)Nc1ccc(Oc2ccc(C)c(C)c2)nc1. The van der Waals surface area contributed by atoms with Crippen LogP contribution >= 0.6 is 0 Å². The molecule has 2 aromatic rings. The van der Waals surface area contributed by atoms with Crippen molar-refractivity contribution in [2.75, 3.05) is 11.1 Å². The van der Waals surface area contributed by atoms with Crippen molar-refractivity contribution < 1.29 is 17.9 Å². The number of aryl methyl sites for hydroxylation is 2. The topological polar surface area (TPSA) is 85.4 Å². The van der Waals surface area contributed by atoms with Crippen molar-refractivity contribution in [2.24, 2.45) is 0 Å². The van der Waals surface area contributed by atoms with E-state index in [-0.39, 0.29) is 5.75 Å². The Morgan fingerprint density at radius 2 is 1.92 bits per heavy atom. The number of carbonyl (C=O) groups excluding carboxylic acids is 1. The van der Waals surface area contributed by atoms with Crippen LogP contribution in [-0.2, 0) is 14.6 Å². The summed E-state index contributed by atoms with van der Waals surface area (Å²) in [4.78, 5) is 16.3. The van der Waals surface area contributed by atoms with Gasteiger partial charge in [-0.3, -0.25) is 4.79 Å². The van der Waals surface area contributed by atoms with Crippen molar-refractivity contribution in [3.63, 3.8) is 0 Å². The number of carbonyl (C=O) groups is 1. The Morgan fingerprint density at radius 3 is 2.50 bits per heavy atom. The van der Waals surface area contributed by atoms with Gasteiger partial charge >= 0.3 is 0 Å². The van der Waals surface area contributed by atoms with Gasteiger partial charge < -0.3 is 10.1 Å². The van der Waals surface area contributed by atoms with Crippen molar-refractivity contribution in [3.05, 3.63) is 47.7 Å². The minimum atomic E-state index is -3.44. The molecule has 0 spiro atoms. The summed E-state index contributed by atoms with van der Waals surface area (Å²) in [7, 11) is -3.44. The second kappa shape index (κ2) is 8.31.